The lowest BCUT2D eigenvalue weighted by molar-refractivity contribution is -0.318. The molecule has 0 aromatic heterocycles. The quantitative estimate of drug-likeness (QED) is 0.162. The van der Waals surface area contributed by atoms with Crippen LogP contribution in [0.25, 0.3) is 0 Å². The Bertz CT molecular complexity index is 1710. The average Bonchev–Trinajstić information content (AvgIpc) is 3.27. The summed E-state index contributed by atoms with van der Waals surface area (Å²) in [6, 6.07) is 7.62. The fourth-order valence-corrected chi connectivity index (χ4v) is 10.5. The van der Waals surface area contributed by atoms with Crippen molar-refractivity contribution in [2.45, 2.75) is 199 Å². The SMILES string of the molecule is CC[C@H]1OC(=O)[C@H](C)[C@@H](O[C@@H]2C[C@@](C)(OC)[C@@H](OC(C)=O)[C@H](C)O2)[C@H](C)[C@@H](O[C@@H]2O[C@H](C)C[C@@H](OCCCc3ccc(OC)cc3)[C@@H]2N(C)C)[C@@](C)(OC)C[C@@H](C)C(=O)[C@H](C)[C@@H](O)[C@]1(C)O. The van der Waals surface area contributed by atoms with Crippen LogP contribution in [-0.4, -0.2) is 159 Å². The van der Waals surface area contributed by atoms with Gasteiger partial charge in [0, 0.05) is 58.3 Å². The van der Waals surface area contributed by atoms with Gasteiger partial charge in [0.1, 0.15) is 28.8 Å². The predicted octanol–water partition coefficient (Wildman–Crippen LogP) is 5.68. The van der Waals surface area contributed by atoms with Crippen molar-refractivity contribution >= 4 is 17.7 Å². The number of esters is 2. The van der Waals surface area contributed by atoms with Crippen LogP contribution in [-0.2, 0) is 63.4 Å². The molecule has 66 heavy (non-hydrogen) atoms. The van der Waals surface area contributed by atoms with Crippen molar-refractivity contribution in [3.63, 3.8) is 0 Å². The maximum absolute atomic E-state index is 14.6. The number of hydrogen-bond donors (Lipinski definition) is 2. The summed E-state index contributed by atoms with van der Waals surface area (Å²) in [5.74, 6) is -4.16. The molecule has 3 saturated heterocycles. The Labute approximate surface area is 393 Å². The molecule has 16 heteroatoms. The zero-order valence-corrected chi connectivity index (χ0v) is 42.6. The summed E-state index contributed by atoms with van der Waals surface area (Å²) in [5.41, 5.74) is -3.10. The van der Waals surface area contributed by atoms with Gasteiger partial charge in [-0.3, -0.25) is 19.3 Å². The molecule has 1 aromatic carbocycles. The van der Waals surface area contributed by atoms with Gasteiger partial charge in [0.25, 0.3) is 0 Å². The van der Waals surface area contributed by atoms with Gasteiger partial charge >= 0.3 is 11.9 Å². The molecule has 1 aromatic rings. The first-order valence-corrected chi connectivity index (χ1v) is 23.8. The number of methoxy groups -OCH3 is 3. The molecule has 3 fully saturated rings. The van der Waals surface area contributed by atoms with Gasteiger partial charge in [-0.1, -0.05) is 39.8 Å². The minimum atomic E-state index is -1.99. The number of aliphatic hydroxyl groups excluding tert-OH is 1. The van der Waals surface area contributed by atoms with Gasteiger partial charge in [-0.05, 0) is 99.0 Å². The smallest absolute Gasteiger partial charge is 0.311 e. The lowest BCUT2D eigenvalue weighted by Gasteiger charge is -2.50. The van der Waals surface area contributed by atoms with Gasteiger partial charge in [-0.25, -0.2) is 0 Å². The van der Waals surface area contributed by atoms with E-state index in [0.29, 0.717) is 13.0 Å². The summed E-state index contributed by atoms with van der Waals surface area (Å²) < 4.78 is 63.6. The summed E-state index contributed by atoms with van der Waals surface area (Å²) >= 11 is 0. The molecule has 0 saturated carbocycles. The zero-order valence-electron chi connectivity index (χ0n) is 42.6. The standard InChI is InChI=1S/C50H83NO15/c1-17-38-50(11,56)43(54)30(4)41(53)28(2)26-48(9,58-15)44(31(5)42(32(6)46(55)64-38)65-39-27-49(10,59-16)45(33(7)62-39)63-34(8)52)66-47-40(51(12)13)37(25-29(3)61-47)60-24-18-19-35-20-22-36(57-14)23-21-35/h20-23,28-33,37-40,42-45,47,54,56H,17-19,24-27H2,1-16H3/t28-,29-,30+,31+,32-,33+,37-,38-,39-,40+,42+,43-,44-,45+,47+,48+,49-,50-/m1/s1. The van der Waals surface area contributed by atoms with E-state index >= 15 is 0 Å². The number of benzene rings is 1. The highest BCUT2D eigenvalue weighted by Crippen LogP contribution is 2.42. The largest absolute Gasteiger partial charge is 0.497 e. The maximum atomic E-state index is 14.6. The molecule has 3 heterocycles. The molecule has 3 aliphatic heterocycles. The number of Topliss-reactive ketones (excluding diaryl/α,β-unsaturated/α-hetero) is 1. The number of nitrogens with zero attached hydrogens (tertiary/aromatic N) is 1. The van der Waals surface area contributed by atoms with Crippen molar-refractivity contribution < 1.29 is 72.0 Å². The van der Waals surface area contributed by atoms with Crippen molar-refractivity contribution in [2.75, 3.05) is 42.0 Å². The summed E-state index contributed by atoms with van der Waals surface area (Å²) in [7, 11) is 8.64. The number of aliphatic hydroxyl groups is 2. The summed E-state index contributed by atoms with van der Waals surface area (Å²) in [6.45, 7) is 19.3. The second kappa shape index (κ2) is 23.7. The molecule has 0 unspecified atom stereocenters. The average molecular weight is 938 g/mol. The summed E-state index contributed by atoms with van der Waals surface area (Å²) in [5, 5.41) is 23.5. The van der Waals surface area contributed by atoms with Crippen LogP contribution in [0.1, 0.15) is 114 Å². The highest BCUT2D eigenvalue weighted by atomic mass is 16.7. The summed E-state index contributed by atoms with van der Waals surface area (Å²) in [6.07, 6.45) is -5.93. The van der Waals surface area contributed by atoms with E-state index in [4.69, 9.17) is 47.4 Å². The zero-order chi connectivity index (χ0) is 49.5. The first kappa shape index (κ1) is 55.8. The number of ether oxygens (including phenoxy) is 10. The molecule has 0 amide bonds. The minimum absolute atomic E-state index is 0.120. The van der Waals surface area contributed by atoms with E-state index in [1.54, 1.807) is 48.8 Å². The van der Waals surface area contributed by atoms with Gasteiger partial charge in [0.05, 0.1) is 61.3 Å². The molecule has 2 N–H and O–H groups in total. The van der Waals surface area contributed by atoms with Gasteiger partial charge < -0.3 is 57.6 Å². The minimum Gasteiger partial charge on any atom is -0.497 e. The number of ketones is 1. The molecule has 0 aliphatic carbocycles. The molecule has 0 radical (unpaired) electrons. The van der Waals surface area contributed by atoms with E-state index in [-0.39, 0.29) is 37.3 Å². The van der Waals surface area contributed by atoms with Crippen LogP contribution in [0.15, 0.2) is 24.3 Å². The number of rotatable bonds is 15. The molecular weight excluding hydrogens is 855 g/mol. The highest BCUT2D eigenvalue weighted by Gasteiger charge is 2.55. The van der Waals surface area contributed by atoms with Gasteiger partial charge in [0.2, 0.25) is 0 Å². The van der Waals surface area contributed by atoms with Crippen molar-refractivity contribution in [3.8, 4) is 5.75 Å². The van der Waals surface area contributed by atoms with E-state index in [2.05, 4.69) is 12.1 Å². The van der Waals surface area contributed by atoms with Crippen LogP contribution < -0.4 is 4.74 Å². The molecule has 0 bridgehead atoms. The molecular formula is C50H83NO15. The first-order valence-electron chi connectivity index (χ1n) is 23.8. The monoisotopic (exact) mass is 938 g/mol. The third-order valence-electron chi connectivity index (χ3n) is 14.5. The lowest BCUT2D eigenvalue weighted by Crippen LogP contribution is -2.62. The third-order valence-corrected chi connectivity index (χ3v) is 14.5. The summed E-state index contributed by atoms with van der Waals surface area (Å²) in [4.78, 5) is 43.1. The van der Waals surface area contributed by atoms with Crippen molar-refractivity contribution in [2.24, 2.45) is 23.7 Å². The highest BCUT2D eigenvalue weighted by molar-refractivity contribution is 5.83. The fraction of sp³-hybridized carbons (Fsp3) is 0.820. The molecule has 378 valence electrons. The third kappa shape index (κ3) is 13.1. The van der Waals surface area contributed by atoms with Gasteiger partial charge in [-0.2, -0.15) is 0 Å². The van der Waals surface area contributed by atoms with Crippen molar-refractivity contribution in [3.05, 3.63) is 29.8 Å². The maximum Gasteiger partial charge on any atom is 0.311 e. The van der Waals surface area contributed by atoms with Crippen LogP contribution >= 0.6 is 0 Å². The number of hydrogen-bond acceptors (Lipinski definition) is 16. The Balaban J connectivity index is 1.80. The van der Waals surface area contributed by atoms with E-state index < -0.39 is 108 Å². The van der Waals surface area contributed by atoms with Crippen LogP contribution in [0.5, 0.6) is 5.75 Å². The molecule has 16 nitrogen and oxygen atoms in total. The van der Waals surface area contributed by atoms with E-state index in [0.717, 1.165) is 18.6 Å². The Morgan fingerprint density at radius 2 is 1.50 bits per heavy atom. The molecule has 3 aliphatic rings. The number of carbonyl (C=O) groups excluding carboxylic acids is 3. The number of cyclic esters (lactones) is 1. The molecule has 18 atom stereocenters. The second-order valence-electron chi connectivity index (χ2n) is 20.0. The Hall–Kier alpha value is -2.77. The Morgan fingerprint density at radius 1 is 0.879 bits per heavy atom. The van der Waals surface area contributed by atoms with Crippen molar-refractivity contribution in [1.82, 2.24) is 4.90 Å². The van der Waals surface area contributed by atoms with E-state index in [9.17, 15) is 24.6 Å². The van der Waals surface area contributed by atoms with Crippen LogP contribution in [0, 0.1) is 23.7 Å². The van der Waals surface area contributed by atoms with Crippen LogP contribution in [0.2, 0.25) is 0 Å². The van der Waals surface area contributed by atoms with E-state index in [1.165, 1.54) is 26.5 Å². The first-order chi connectivity index (χ1) is 30.9. The Morgan fingerprint density at radius 3 is 2.06 bits per heavy atom. The van der Waals surface area contributed by atoms with Gasteiger partial charge in [-0.15, -0.1) is 0 Å². The van der Waals surface area contributed by atoms with E-state index in [1.807, 2.05) is 58.8 Å². The van der Waals surface area contributed by atoms with Gasteiger partial charge in [0.15, 0.2) is 18.7 Å². The number of aryl methyl sites for hydroxylation is 1. The number of carbonyl (C=O) groups is 3. The lowest BCUT2D eigenvalue weighted by atomic mass is 9.74. The Kier molecular flexibility index (Phi) is 20.0. The molecule has 0 spiro atoms. The van der Waals surface area contributed by atoms with Crippen LogP contribution in [0.4, 0.5) is 0 Å². The topological polar surface area (TPSA) is 187 Å². The van der Waals surface area contributed by atoms with Crippen molar-refractivity contribution in [1.29, 1.82) is 0 Å². The molecule has 4 rings (SSSR count). The second-order valence-corrected chi connectivity index (χ2v) is 20.0. The number of likely N-dealkylation sites (N-methyl/N-ethyl adjacent to an activating group) is 1. The predicted molar refractivity (Wildman–Crippen MR) is 246 cm³/mol. The fourth-order valence-electron chi connectivity index (χ4n) is 10.5. The normalized spacial score (nSPS) is 40.9. The van der Waals surface area contributed by atoms with Crippen LogP contribution in [0.3, 0.4) is 0 Å².